The molecule has 0 aromatic heterocycles. The van der Waals surface area contributed by atoms with Crippen LogP contribution in [0.5, 0.6) is 0 Å². The van der Waals surface area contributed by atoms with Crippen LogP contribution in [0.25, 0.3) is 0 Å². The molecule has 100 valence electrons. The maximum atomic E-state index is 11.2. The summed E-state index contributed by atoms with van der Waals surface area (Å²) >= 11 is 0. The predicted molar refractivity (Wildman–Crippen MR) is 61.6 cm³/mol. The average molecular weight is 256 g/mol. The first-order chi connectivity index (χ1) is 8.75. The van der Waals surface area contributed by atoms with Crippen LogP contribution in [0.4, 0.5) is 0 Å². The van der Waals surface area contributed by atoms with Crippen molar-refractivity contribution >= 4 is 18.2 Å². The third kappa shape index (κ3) is 5.07. The van der Waals surface area contributed by atoms with Crippen LogP contribution in [0, 0.1) is 0 Å². The number of hydrogen-bond donors (Lipinski definition) is 1. The van der Waals surface area contributed by atoms with Crippen molar-refractivity contribution in [2.24, 2.45) is 0 Å². The maximum Gasteiger partial charge on any atom is 0.253 e. The van der Waals surface area contributed by atoms with Crippen LogP contribution < -0.4 is 5.32 Å². The van der Waals surface area contributed by atoms with Crippen molar-refractivity contribution in [1.29, 1.82) is 0 Å². The molecule has 0 fully saturated rings. The number of carbonyl (C=O) groups is 3. The van der Waals surface area contributed by atoms with Gasteiger partial charge < -0.3 is 14.8 Å². The molecule has 0 spiro atoms. The maximum absolute atomic E-state index is 11.2. The lowest BCUT2D eigenvalue weighted by Gasteiger charge is -2.13. The van der Waals surface area contributed by atoms with Gasteiger partial charge >= 0.3 is 0 Å². The highest BCUT2D eigenvalue weighted by Crippen LogP contribution is 2.02. The summed E-state index contributed by atoms with van der Waals surface area (Å²) in [6.45, 7) is 2.21. The molecule has 0 atom stereocenters. The number of amides is 3. The molecule has 1 aliphatic rings. The summed E-state index contributed by atoms with van der Waals surface area (Å²) in [4.78, 5) is 33.3. The fourth-order valence-corrected chi connectivity index (χ4v) is 1.32. The highest BCUT2D eigenvalue weighted by Gasteiger charge is 2.22. The Morgan fingerprint density at radius 1 is 1.06 bits per heavy atom. The molecule has 0 saturated carbocycles. The third-order valence-electron chi connectivity index (χ3n) is 2.21. The highest BCUT2D eigenvalue weighted by molar-refractivity contribution is 6.12. The first-order valence-corrected chi connectivity index (χ1v) is 5.62. The molecule has 1 aliphatic heterocycles. The van der Waals surface area contributed by atoms with Gasteiger partial charge in [0.15, 0.2) is 0 Å². The molecule has 1 N–H and O–H groups in total. The van der Waals surface area contributed by atoms with Crippen LogP contribution in [0.2, 0.25) is 0 Å². The van der Waals surface area contributed by atoms with Crippen LogP contribution in [0.3, 0.4) is 0 Å². The van der Waals surface area contributed by atoms with Gasteiger partial charge in [-0.3, -0.25) is 19.3 Å². The van der Waals surface area contributed by atoms with Crippen molar-refractivity contribution in [3.8, 4) is 0 Å². The van der Waals surface area contributed by atoms with E-state index in [-0.39, 0.29) is 25.0 Å². The number of rotatable bonds is 10. The first-order valence-electron chi connectivity index (χ1n) is 5.62. The molecule has 3 amide bonds. The minimum absolute atomic E-state index is 0.247. The zero-order valence-electron chi connectivity index (χ0n) is 9.96. The van der Waals surface area contributed by atoms with E-state index < -0.39 is 0 Å². The van der Waals surface area contributed by atoms with E-state index in [0.717, 1.165) is 4.90 Å². The standard InChI is InChI=1S/C11H16N2O5/c14-9-12-3-5-17-7-8-18-6-4-13-10(15)1-2-11(13)16/h1-2,9H,3-8H2,(H,12,14). The number of imide groups is 1. The van der Waals surface area contributed by atoms with Crippen LogP contribution in [0.15, 0.2) is 12.2 Å². The second-order valence-corrected chi connectivity index (χ2v) is 3.46. The lowest BCUT2D eigenvalue weighted by Crippen LogP contribution is -2.33. The van der Waals surface area contributed by atoms with E-state index >= 15 is 0 Å². The van der Waals surface area contributed by atoms with Gasteiger partial charge in [-0.2, -0.15) is 0 Å². The fourth-order valence-electron chi connectivity index (χ4n) is 1.32. The molecule has 0 unspecified atom stereocenters. The van der Waals surface area contributed by atoms with Crippen molar-refractivity contribution in [2.45, 2.75) is 0 Å². The Hall–Kier alpha value is -1.73. The molecule has 1 rings (SSSR count). The third-order valence-corrected chi connectivity index (χ3v) is 2.21. The summed E-state index contributed by atoms with van der Waals surface area (Å²) in [5, 5.41) is 2.46. The normalized spacial score (nSPS) is 14.3. The Bertz CT molecular complexity index is 311. The summed E-state index contributed by atoms with van der Waals surface area (Å²) in [5.41, 5.74) is 0. The first kappa shape index (κ1) is 14.3. The molecule has 0 aliphatic carbocycles. The Morgan fingerprint density at radius 2 is 1.67 bits per heavy atom. The summed E-state index contributed by atoms with van der Waals surface area (Å²) in [6, 6.07) is 0. The molecule has 0 aromatic carbocycles. The lowest BCUT2D eigenvalue weighted by molar-refractivity contribution is -0.137. The van der Waals surface area contributed by atoms with Gasteiger partial charge in [0.05, 0.1) is 33.0 Å². The van der Waals surface area contributed by atoms with Crippen molar-refractivity contribution in [3.05, 3.63) is 12.2 Å². The smallest absolute Gasteiger partial charge is 0.253 e. The van der Waals surface area contributed by atoms with E-state index in [2.05, 4.69) is 5.32 Å². The number of hydrogen-bond acceptors (Lipinski definition) is 5. The summed E-state index contributed by atoms with van der Waals surface area (Å²) < 4.78 is 10.4. The van der Waals surface area contributed by atoms with Gasteiger partial charge in [0, 0.05) is 18.7 Å². The Morgan fingerprint density at radius 3 is 2.28 bits per heavy atom. The van der Waals surface area contributed by atoms with Gasteiger partial charge in [0.25, 0.3) is 11.8 Å². The molecule has 0 bridgehead atoms. The summed E-state index contributed by atoms with van der Waals surface area (Å²) in [5.74, 6) is -0.612. The molecule has 0 saturated heterocycles. The zero-order chi connectivity index (χ0) is 13.2. The van der Waals surface area contributed by atoms with E-state index in [0.29, 0.717) is 32.8 Å². The number of nitrogens with zero attached hydrogens (tertiary/aromatic N) is 1. The second-order valence-electron chi connectivity index (χ2n) is 3.46. The van der Waals surface area contributed by atoms with Crippen molar-refractivity contribution in [3.63, 3.8) is 0 Å². The van der Waals surface area contributed by atoms with E-state index in [4.69, 9.17) is 9.47 Å². The Labute approximate surface area is 105 Å². The molecule has 0 radical (unpaired) electrons. The minimum atomic E-state index is -0.306. The largest absolute Gasteiger partial charge is 0.377 e. The lowest BCUT2D eigenvalue weighted by atomic mass is 10.5. The van der Waals surface area contributed by atoms with E-state index in [1.807, 2.05) is 0 Å². The topological polar surface area (TPSA) is 84.9 Å². The van der Waals surface area contributed by atoms with Crippen LogP contribution >= 0.6 is 0 Å². The molecule has 18 heavy (non-hydrogen) atoms. The van der Waals surface area contributed by atoms with Crippen LogP contribution in [0.1, 0.15) is 0 Å². The van der Waals surface area contributed by atoms with E-state index in [9.17, 15) is 14.4 Å². The van der Waals surface area contributed by atoms with Gasteiger partial charge in [0.2, 0.25) is 6.41 Å². The molecule has 7 nitrogen and oxygen atoms in total. The van der Waals surface area contributed by atoms with Crippen LogP contribution in [-0.2, 0) is 23.9 Å². The van der Waals surface area contributed by atoms with Gasteiger partial charge in [0.1, 0.15) is 0 Å². The monoisotopic (exact) mass is 256 g/mol. The molecular weight excluding hydrogens is 240 g/mol. The quantitative estimate of drug-likeness (QED) is 0.298. The summed E-state index contributed by atoms with van der Waals surface area (Å²) in [7, 11) is 0. The average Bonchev–Trinajstić information content (AvgIpc) is 2.68. The molecular formula is C11H16N2O5. The predicted octanol–water partition coefficient (Wildman–Crippen LogP) is -1.31. The SMILES string of the molecule is O=CNCCOCCOCCN1C(=O)C=CC1=O. The van der Waals surface area contributed by atoms with Crippen LogP contribution in [-0.4, -0.2) is 62.6 Å². The van der Waals surface area contributed by atoms with Crippen molar-refractivity contribution in [2.75, 3.05) is 39.5 Å². The number of nitrogens with one attached hydrogen (secondary N) is 1. The fraction of sp³-hybridized carbons (Fsp3) is 0.545. The van der Waals surface area contributed by atoms with Gasteiger partial charge in [-0.1, -0.05) is 0 Å². The number of ether oxygens (including phenoxy) is 2. The summed E-state index contributed by atoms with van der Waals surface area (Å²) in [6.07, 6.45) is 3.09. The van der Waals surface area contributed by atoms with E-state index in [1.54, 1.807) is 0 Å². The zero-order valence-corrected chi connectivity index (χ0v) is 9.96. The van der Waals surface area contributed by atoms with Gasteiger partial charge in [-0.15, -0.1) is 0 Å². The van der Waals surface area contributed by atoms with E-state index in [1.165, 1.54) is 12.2 Å². The van der Waals surface area contributed by atoms with Crippen molar-refractivity contribution < 1.29 is 23.9 Å². The van der Waals surface area contributed by atoms with Gasteiger partial charge in [-0.25, -0.2) is 0 Å². The minimum Gasteiger partial charge on any atom is -0.377 e. The van der Waals surface area contributed by atoms with Crippen molar-refractivity contribution in [1.82, 2.24) is 10.2 Å². The Balaban J connectivity index is 1.91. The second kappa shape index (κ2) is 8.37. The van der Waals surface area contributed by atoms with Gasteiger partial charge in [-0.05, 0) is 0 Å². The Kier molecular flexibility index (Phi) is 6.67. The number of carbonyl (C=O) groups excluding carboxylic acids is 3. The highest BCUT2D eigenvalue weighted by atomic mass is 16.5. The molecule has 7 heteroatoms. The molecule has 1 heterocycles. The molecule has 0 aromatic rings.